The van der Waals surface area contributed by atoms with Crippen LogP contribution >= 0.6 is 11.6 Å². The molecule has 28 heavy (non-hydrogen) atoms. The molecule has 1 heterocycles. The summed E-state index contributed by atoms with van der Waals surface area (Å²) in [6.07, 6.45) is 5.57. The Kier molecular flexibility index (Phi) is 5.29. The maximum absolute atomic E-state index is 13.5. The van der Waals surface area contributed by atoms with Crippen LogP contribution < -0.4 is 4.90 Å². The summed E-state index contributed by atoms with van der Waals surface area (Å²) in [6, 6.07) is 12.5. The number of rotatable bonds is 2. The Bertz CT molecular complexity index is 959. The van der Waals surface area contributed by atoms with E-state index in [1.807, 2.05) is 35.2 Å². The van der Waals surface area contributed by atoms with Crippen LogP contribution in [0.2, 0.25) is 5.02 Å². The standard InChI is InChI=1S/C21H25ClN2O3S/c1-23-19(15-8-4-2-5-9-15)14-24(16-10-6-3-7-11-16)18-12-17(22)20(25)13-21(18)28(23,26)27/h3,6-7,10-13,15,19,25H,2,4-5,8-9,14H2,1H3/t19-/m0/s1. The van der Waals surface area contributed by atoms with Crippen molar-refractivity contribution < 1.29 is 13.5 Å². The normalized spacial score (nSPS) is 23.2. The monoisotopic (exact) mass is 420 g/mol. The molecule has 1 aliphatic heterocycles. The van der Waals surface area contributed by atoms with Crippen molar-refractivity contribution in [2.75, 3.05) is 18.5 Å². The van der Waals surface area contributed by atoms with E-state index in [0.717, 1.165) is 31.4 Å². The van der Waals surface area contributed by atoms with E-state index in [1.54, 1.807) is 13.1 Å². The van der Waals surface area contributed by atoms with Gasteiger partial charge in [-0.15, -0.1) is 0 Å². The molecule has 150 valence electrons. The number of anilines is 2. The molecule has 2 aromatic rings. The molecule has 1 saturated carbocycles. The highest BCUT2D eigenvalue weighted by atomic mass is 35.5. The van der Waals surface area contributed by atoms with Gasteiger partial charge in [0.2, 0.25) is 10.0 Å². The molecule has 0 aromatic heterocycles. The van der Waals surface area contributed by atoms with Gasteiger partial charge < -0.3 is 10.0 Å². The average molecular weight is 421 g/mol. The second kappa shape index (κ2) is 7.58. The molecule has 0 unspecified atom stereocenters. The van der Waals surface area contributed by atoms with E-state index >= 15 is 0 Å². The summed E-state index contributed by atoms with van der Waals surface area (Å²) < 4.78 is 28.4. The molecule has 1 fully saturated rings. The van der Waals surface area contributed by atoms with Gasteiger partial charge in [0.1, 0.15) is 10.6 Å². The molecule has 4 rings (SSSR count). The van der Waals surface area contributed by atoms with E-state index in [1.165, 1.54) is 16.8 Å². The summed E-state index contributed by atoms with van der Waals surface area (Å²) in [5.41, 5.74) is 1.43. The van der Waals surface area contributed by atoms with Gasteiger partial charge in [-0.3, -0.25) is 0 Å². The molecule has 1 atom stereocenters. The van der Waals surface area contributed by atoms with Gasteiger partial charge in [-0.05, 0) is 37.0 Å². The number of aromatic hydroxyl groups is 1. The Hall–Kier alpha value is -1.76. The number of fused-ring (bicyclic) bond motifs is 1. The number of hydrogen-bond donors (Lipinski definition) is 1. The van der Waals surface area contributed by atoms with Crippen molar-refractivity contribution in [3.63, 3.8) is 0 Å². The molecule has 1 N–H and O–H groups in total. The van der Waals surface area contributed by atoms with E-state index in [0.29, 0.717) is 18.2 Å². The fourth-order valence-electron chi connectivity index (χ4n) is 4.50. The minimum absolute atomic E-state index is 0.0964. The van der Waals surface area contributed by atoms with Crippen molar-refractivity contribution in [3.8, 4) is 5.75 Å². The van der Waals surface area contributed by atoms with E-state index in [2.05, 4.69) is 0 Å². The molecule has 1 aliphatic carbocycles. The lowest BCUT2D eigenvalue weighted by Crippen LogP contribution is -2.46. The zero-order valence-electron chi connectivity index (χ0n) is 15.9. The number of likely N-dealkylation sites (N-methyl/N-ethyl adjacent to an activating group) is 1. The lowest BCUT2D eigenvalue weighted by Gasteiger charge is -2.36. The number of para-hydroxylation sites is 1. The predicted molar refractivity (Wildman–Crippen MR) is 112 cm³/mol. The smallest absolute Gasteiger partial charge is 0.245 e. The fourth-order valence-corrected chi connectivity index (χ4v) is 6.26. The maximum atomic E-state index is 13.5. The van der Waals surface area contributed by atoms with Crippen molar-refractivity contribution in [3.05, 3.63) is 47.5 Å². The lowest BCUT2D eigenvalue weighted by molar-refractivity contribution is 0.218. The van der Waals surface area contributed by atoms with Gasteiger partial charge in [-0.25, -0.2) is 8.42 Å². The van der Waals surface area contributed by atoms with Crippen LogP contribution in [0.25, 0.3) is 0 Å². The Morgan fingerprint density at radius 1 is 1.07 bits per heavy atom. The fraction of sp³-hybridized carbons (Fsp3) is 0.429. The number of halogens is 1. The molecule has 0 amide bonds. The molecular formula is C21H25ClN2O3S. The van der Waals surface area contributed by atoms with Crippen LogP contribution in [0.4, 0.5) is 11.4 Å². The number of sulfonamides is 1. The molecule has 0 saturated heterocycles. The molecule has 7 heteroatoms. The van der Waals surface area contributed by atoms with Gasteiger partial charge in [0.15, 0.2) is 0 Å². The molecular weight excluding hydrogens is 396 g/mol. The molecule has 0 radical (unpaired) electrons. The van der Waals surface area contributed by atoms with Crippen LogP contribution in [0, 0.1) is 5.92 Å². The van der Waals surface area contributed by atoms with Gasteiger partial charge >= 0.3 is 0 Å². The molecule has 5 nitrogen and oxygen atoms in total. The third kappa shape index (κ3) is 3.38. The summed E-state index contributed by atoms with van der Waals surface area (Å²) in [5.74, 6) is 0.0969. The zero-order valence-corrected chi connectivity index (χ0v) is 17.5. The van der Waals surface area contributed by atoms with Crippen molar-refractivity contribution in [1.29, 1.82) is 0 Å². The largest absolute Gasteiger partial charge is 0.506 e. The van der Waals surface area contributed by atoms with Crippen molar-refractivity contribution in [1.82, 2.24) is 4.31 Å². The summed E-state index contributed by atoms with van der Waals surface area (Å²) in [5, 5.41) is 10.3. The second-order valence-corrected chi connectivity index (χ2v) is 10.1. The third-order valence-corrected chi connectivity index (χ3v) is 8.29. The average Bonchev–Trinajstić information content (AvgIpc) is 2.78. The van der Waals surface area contributed by atoms with Gasteiger partial charge in [-0.2, -0.15) is 4.31 Å². The summed E-state index contributed by atoms with van der Waals surface area (Å²) in [4.78, 5) is 2.13. The van der Waals surface area contributed by atoms with Crippen molar-refractivity contribution >= 4 is 33.0 Å². The minimum atomic E-state index is -3.76. The van der Waals surface area contributed by atoms with Crippen molar-refractivity contribution in [2.24, 2.45) is 5.92 Å². The first-order valence-electron chi connectivity index (χ1n) is 9.72. The lowest BCUT2D eigenvalue weighted by atomic mass is 9.83. The first-order chi connectivity index (χ1) is 13.4. The summed E-state index contributed by atoms with van der Waals surface area (Å²) >= 11 is 6.18. The SMILES string of the molecule is CN1[C@H](C2CCCCC2)CN(c2ccccc2)c2cc(Cl)c(O)cc2S1(=O)=O. The van der Waals surface area contributed by atoms with Crippen LogP contribution in [0.1, 0.15) is 32.1 Å². The first-order valence-corrected chi connectivity index (χ1v) is 11.5. The maximum Gasteiger partial charge on any atom is 0.245 e. The Morgan fingerprint density at radius 3 is 2.43 bits per heavy atom. The van der Waals surface area contributed by atoms with E-state index < -0.39 is 10.0 Å². The number of hydrogen-bond acceptors (Lipinski definition) is 4. The summed E-state index contributed by atoms with van der Waals surface area (Å²) in [6.45, 7) is 0.554. The second-order valence-electron chi connectivity index (χ2n) is 7.70. The zero-order chi connectivity index (χ0) is 19.9. The number of benzene rings is 2. The Morgan fingerprint density at radius 2 is 1.75 bits per heavy atom. The highest BCUT2D eigenvalue weighted by Crippen LogP contribution is 2.43. The number of phenolic OH excluding ortho intramolecular Hbond substituents is 1. The van der Waals surface area contributed by atoms with Gasteiger partial charge in [0.05, 0.1) is 10.7 Å². The molecule has 2 aliphatic rings. The summed E-state index contributed by atoms with van der Waals surface area (Å²) in [7, 11) is -2.10. The van der Waals surface area contributed by atoms with Crippen molar-refractivity contribution in [2.45, 2.75) is 43.0 Å². The minimum Gasteiger partial charge on any atom is -0.506 e. The Balaban J connectivity index is 1.90. The first kappa shape index (κ1) is 19.6. The van der Waals surface area contributed by atoms with E-state index in [-0.39, 0.29) is 21.7 Å². The highest BCUT2D eigenvalue weighted by molar-refractivity contribution is 7.89. The predicted octanol–water partition coefficient (Wildman–Crippen LogP) is 4.77. The van der Waals surface area contributed by atoms with Crippen LogP contribution in [0.5, 0.6) is 5.75 Å². The van der Waals surface area contributed by atoms with E-state index in [9.17, 15) is 13.5 Å². The van der Waals surface area contributed by atoms with Gasteiger partial charge in [0.25, 0.3) is 0 Å². The van der Waals surface area contributed by atoms with Gasteiger partial charge in [-0.1, -0.05) is 49.1 Å². The van der Waals surface area contributed by atoms with Crippen LogP contribution in [-0.2, 0) is 10.0 Å². The van der Waals surface area contributed by atoms with Crippen LogP contribution in [0.3, 0.4) is 0 Å². The number of phenols is 1. The molecule has 0 spiro atoms. The quantitative estimate of drug-likeness (QED) is 0.760. The van der Waals surface area contributed by atoms with E-state index in [4.69, 9.17) is 11.6 Å². The number of nitrogens with zero attached hydrogens (tertiary/aromatic N) is 2. The van der Waals surface area contributed by atoms with Gasteiger partial charge in [0, 0.05) is 31.4 Å². The molecule has 2 aromatic carbocycles. The Labute approximate surface area is 171 Å². The third-order valence-electron chi connectivity index (χ3n) is 6.07. The topological polar surface area (TPSA) is 60.9 Å². The van der Waals surface area contributed by atoms with Crippen LogP contribution in [0.15, 0.2) is 47.4 Å². The molecule has 0 bridgehead atoms. The highest BCUT2D eigenvalue weighted by Gasteiger charge is 2.41. The van der Waals surface area contributed by atoms with Crippen LogP contribution in [-0.4, -0.2) is 37.5 Å².